The maximum absolute atomic E-state index is 12.2. The molecule has 0 radical (unpaired) electrons. The molecule has 96 valence electrons. The summed E-state index contributed by atoms with van der Waals surface area (Å²) in [7, 11) is 0. The van der Waals surface area contributed by atoms with Crippen LogP contribution in [-0.2, 0) is 0 Å². The van der Waals surface area contributed by atoms with E-state index in [4.69, 9.17) is 0 Å². The second kappa shape index (κ2) is 4.51. The number of carbonyl (C=O) groups is 1. The number of amides is 1. The van der Waals surface area contributed by atoms with Crippen molar-refractivity contribution >= 4 is 33.8 Å². The summed E-state index contributed by atoms with van der Waals surface area (Å²) in [5.41, 5.74) is 2.48. The number of benzene rings is 1. The molecule has 0 aliphatic rings. The van der Waals surface area contributed by atoms with E-state index in [1.165, 1.54) is 0 Å². The Morgan fingerprint density at radius 2 is 2.16 bits per heavy atom. The molecule has 1 aromatic carbocycles. The molecule has 2 N–H and O–H groups in total. The molecule has 2 heterocycles. The molecule has 1 amide bonds. The van der Waals surface area contributed by atoms with Crippen molar-refractivity contribution in [3.05, 3.63) is 45.8 Å². The van der Waals surface area contributed by atoms with Crippen LogP contribution in [0.2, 0.25) is 0 Å². The Kier molecular flexibility index (Phi) is 2.83. The maximum atomic E-state index is 12.2. The van der Waals surface area contributed by atoms with E-state index in [1.54, 1.807) is 17.5 Å². The fourth-order valence-electron chi connectivity index (χ4n) is 2.08. The normalized spacial score (nSPS) is 10.8. The highest BCUT2D eigenvalue weighted by Crippen LogP contribution is 2.22. The maximum Gasteiger partial charge on any atom is 0.256 e. The van der Waals surface area contributed by atoms with Crippen molar-refractivity contribution in [3.8, 4) is 0 Å². The van der Waals surface area contributed by atoms with Crippen molar-refractivity contribution < 1.29 is 4.79 Å². The molecule has 0 aliphatic heterocycles. The van der Waals surface area contributed by atoms with E-state index in [0.717, 1.165) is 31.9 Å². The molecule has 0 bridgehead atoms. The number of hydrogen-bond donors (Lipinski definition) is 2. The van der Waals surface area contributed by atoms with Gasteiger partial charge in [-0.2, -0.15) is 5.10 Å². The molecule has 0 fully saturated rings. The van der Waals surface area contributed by atoms with Crippen LogP contribution in [0.5, 0.6) is 0 Å². The van der Waals surface area contributed by atoms with Gasteiger partial charge in [0.15, 0.2) is 0 Å². The van der Waals surface area contributed by atoms with Crippen molar-refractivity contribution in [1.82, 2.24) is 10.2 Å². The Morgan fingerprint density at radius 1 is 1.32 bits per heavy atom. The summed E-state index contributed by atoms with van der Waals surface area (Å²) in [6.07, 6.45) is 1.74. The van der Waals surface area contributed by atoms with Crippen LogP contribution in [0.4, 0.5) is 5.69 Å². The molecular weight excluding hydrogens is 258 g/mol. The average molecular weight is 271 g/mol. The number of thiophene rings is 1. The van der Waals surface area contributed by atoms with E-state index in [2.05, 4.69) is 15.5 Å². The third kappa shape index (κ3) is 2.24. The van der Waals surface area contributed by atoms with Crippen LogP contribution in [-0.4, -0.2) is 16.1 Å². The lowest BCUT2D eigenvalue weighted by Crippen LogP contribution is -2.11. The average Bonchev–Trinajstić information content (AvgIpc) is 2.94. The van der Waals surface area contributed by atoms with Gasteiger partial charge in [-0.25, -0.2) is 0 Å². The minimum Gasteiger partial charge on any atom is -0.322 e. The number of aromatic amines is 1. The first-order chi connectivity index (χ1) is 9.13. The zero-order valence-electron chi connectivity index (χ0n) is 10.7. The molecule has 0 atom stereocenters. The number of fused-ring (bicyclic) bond motifs is 1. The van der Waals surface area contributed by atoms with Gasteiger partial charge in [0.05, 0.1) is 17.3 Å². The summed E-state index contributed by atoms with van der Waals surface area (Å²) >= 11 is 1.64. The number of anilines is 1. The number of nitrogens with zero attached hydrogens (tertiary/aromatic N) is 1. The van der Waals surface area contributed by atoms with Crippen molar-refractivity contribution in [1.29, 1.82) is 0 Å². The topological polar surface area (TPSA) is 57.8 Å². The van der Waals surface area contributed by atoms with Gasteiger partial charge in [-0.1, -0.05) is 0 Å². The minimum absolute atomic E-state index is 0.0651. The van der Waals surface area contributed by atoms with Gasteiger partial charge in [0.1, 0.15) is 0 Å². The molecule has 0 saturated heterocycles. The van der Waals surface area contributed by atoms with Crippen LogP contribution in [0.1, 0.15) is 20.1 Å². The highest BCUT2D eigenvalue weighted by molar-refractivity contribution is 7.12. The first-order valence-electron chi connectivity index (χ1n) is 5.95. The molecule has 3 aromatic rings. The largest absolute Gasteiger partial charge is 0.322 e. The fraction of sp³-hybridized carbons (Fsp3) is 0.143. The molecule has 3 rings (SSSR count). The third-order valence-corrected chi connectivity index (χ3v) is 3.95. The van der Waals surface area contributed by atoms with Gasteiger partial charge in [0.2, 0.25) is 0 Å². The zero-order chi connectivity index (χ0) is 13.4. The Labute approximate surface area is 114 Å². The van der Waals surface area contributed by atoms with Crippen LogP contribution < -0.4 is 5.32 Å². The van der Waals surface area contributed by atoms with E-state index in [9.17, 15) is 4.79 Å². The number of aromatic nitrogens is 2. The van der Waals surface area contributed by atoms with E-state index in [1.807, 2.05) is 38.1 Å². The van der Waals surface area contributed by atoms with Gasteiger partial charge >= 0.3 is 0 Å². The Bertz CT molecular complexity index is 757. The molecule has 5 heteroatoms. The summed E-state index contributed by atoms with van der Waals surface area (Å²) in [6, 6.07) is 7.60. The summed E-state index contributed by atoms with van der Waals surface area (Å²) in [5.74, 6) is -0.0651. The number of aryl methyl sites for hydroxylation is 2. The standard InChI is InChI=1S/C14H13N3OS/c1-8-5-12(9(2)19-8)14(18)16-11-3-4-13-10(6-11)7-15-17-13/h3-7H,1-2H3,(H,15,17)(H,16,18). The monoisotopic (exact) mass is 271 g/mol. The second-order valence-electron chi connectivity index (χ2n) is 4.45. The summed E-state index contributed by atoms with van der Waals surface area (Å²) in [4.78, 5) is 14.4. The number of carbonyl (C=O) groups excluding carboxylic acids is 1. The zero-order valence-corrected chi connectivity index (χ0v) is 11.5. The van der Waals surface area contributed by atoms with Gasteiger partial charge in [-0.15, -0.1) is 11.3 Å². The molecule has 0 unspecified atom stereocenters. The highest BCUT2D eigenvalue weighted by Gasteiger charge is 2.12. The van der Waals surface area contributed by atoms with Crippen molar-refractivity contribution in [2.75, 3.05) is 5.32 Å². The number of H-pyrrole nitrogens is 1. The smallest absolute Gasteiger partial charge is 0.256 e. The van der Waals surface area contributed by atoms with E-state index in [-0.39, 0.29) is 5.91 Å². The predicted molar refractivity (Wildman–Crippen MR) is 77.8 cm³/mol. The van der Waals surface area contributed by atoms with Gasteiger partial charge in [0.25, 0.3) is 5.91 Å². The summed E-state index contributed by atoms with van der Waals surface area (Å²) in [5, 5.41) is 10.7. The molecule has 2 aromatic heterocycles. The van der Waals surface area contributed by atoms with Crippen molar-refractivity contribution in [2.24, 2.45) is 0 Å². The van der Waals surface area contributed by atoms with E-state index >= 15 is 0 Å². The molecule has 4 nitrogen and oxygen atoms in total. The minimum atomic E-state index is -0.0651. The van der Waals surface area contributed by atoms with Crippen LogP contribution in [0.15, 0.2) is 30.5 Å². The summed E-state index contributed by atoms with van der Waals surface area (Å²) < 4.78 is 0. The lowest BCUT2D eigenvalue weighted by molar-refractivity contribution is 0.102. The fourth-order valence-corrected chi connectivity index (χ4v) is 3.00. The Balaban J connectivity index is 1.88. The van der Waals surface area contributed by atoms with Crippen molar-refractivity contribution in [2.45, 2.75) is 13.8 Å². The van der Waals surface area contributed by atoms with Crippen molar-refractivity contribution in [3.63, 3.8) is 0 Å². The number of hydrogen-bond acceptors (Lipinski definition) is 3. The molecule has 0 aliphatic carbocycles. The third-order valence-electron chi connectivity index (χ3n) is 2.98. The first kappa shape index (κ1) is 11.9. The van der Waals surface area contributed by atoms with Crippen LogP contribution >= 0.6 is 11.3 Å². The molecule has 0 saturated carbocycles. The molecule has 0 spiro atoms. The number of nitrogens with one attached hydrogen (secondary N) is 2. The Morgan fingerprint density at radius 3 is 2.89 bits per heavy atom. The predicted octanol–water partition coefficient (Wildman–Crippen LogP) is 3.49. The van der Waals surface area contributed by atoms with Crippen LogP contribution in [0.25, 0.3) is 10.9 Å². The molecule has 19 heavy (non-hydrogen) atoms. The van der Waals surface area contributed by atoms with Gasteiger partial charge in [-0.3, -0.25) is 9.89 Å². The first-order valence-corrected chi connectivity index (χ1v) is 6.76. The second-order valence-corrected chi connectivity index (χ2v) is 5.91. The Hall–Kier alpha value is -2.14. The van der Waals surface area contributed by atoms with Gasteiger partial charge in [-0.05, 0) is 38.1 Å². The lowest BCUT2D eigenvalue weighted by Gasteiger charge is -2.04. The summed E-state index contributed by atoms with van der Waals surface area (Å²) in [6.45, 7) is 3.97. The SMILES string of the molecule is Cc1cc(C(=O)Nc2ccc3[nH]ncc3c2)c(C)s1. The highest BCUT2D eigenvalue weighted by atomic mass is 32.1. The molecular formula is C14H13N3OS. The van der Waals surface area contributed by atoms with Crippen LogP contribution in [0.3, 0.4) is 0 Å². The van der Waals surface area contributed by atoms with Gasteiger partial charge in [0, 0.05) is 20.8 Å². The lowest BCUT2D eigenvalue weighted by atomic mass is 10.2. The van der Waals surface area contributed by atoms with Crippen LogP contribution in [0, 0.1) is 13.8 Å². The van der Waals surface area contributed by atoms with E-state index in [0.29, 0.717) is 0 Å². The quantitative estimate of drug-likeness (QED) is 0.749. The van der Waals surface area contributed by atoms with E-state index < -0.39 is 0 Å². The number of rotatable bonds is 2. The van der Waals surface area contributed by atoms with Gasteiger partial charge < -0.3 is 5.32 Å².